The smallest absolute Gasteiger partial charge is 0.255 e. The van der Waals surface area contributed by atoms with E-state index < -0.39 is 5.54 Å². The highest BCUT2D eigenvalue weighted by molar-refractivity contribution is 6.04. The number of aromatic nitrogens is 1. The zero-order valence-corrected chi connectivity index (χ0v) is 12.7. The van der Waals surface area contributed by atoms with Gasteiger partial charge in [0.1, 0.15) is 0 Å². The Morgan fingerprint density at radius 3 is 2.48 bits per heavy atom. The molecule has 0 saturated carbocycles. The lowest BCUT2D eigenvalue weighted by Crippen LogP contribution is -2.30. The summed E-state index contributed by atoms with van der Waals surface area (Å²) in [5.41, 5.74) is 9.31. The first-order chi connectivity index (χ1) is 9.91. The highest BCUT2D eigenvalue weighted by Gasteiger charge is 2.19. The minimum Gasteiger partial charge on any atom is -0.322 e. The molecular formula is C17H21N3O. The van der Waals surface area contributed by atoms with Crippen molar-refractivity contribution in [1.29, 1.82) is 0 Å². The number of rotatable bonds is 4. The molecule has 0 spiro atoms. The molecule has 3 N–H and O–H groups in total. The van der Waals surface area contributed by atoms with Crippen LogP contribution in [-0.2, 0) is 12.0 Å². The number of anilines is 1. The van der Waals surface area contributed by atoms with Gasteiger partial charge < -0.3 is 11.1 Å². The number of pyridine rings is 1. The Kier molecular flexibility index (Phi) is 4.38. The van der Waals surface area contributed by atoms with Gasteiger partial charge in [-0.3, -0.25) is 9.78 Å². The highest BCUT2D eigenvalue weighted by atomic mass is 16.1. The number of carbonyl (C=O) groups excluding carboxylic acids is 1. The Hall–Kier alpha value is -2.20. The maximum Gasteiger partial charge on any atom is 0.255 e. The Morgan fingerprint density at radius 2 is 1.90 bits per heavy atom. The fourth-order valence-electron chi connectivity index (χ4n) is 2.29. The zero-order chi connectivity index (χ0) is 15.5. The molecule has 0 aliphatic heterocycles. The van der Waals surface area contributed by atoms with Crippen molar-refractivity contribution in [1.82, 2.24) is 4.98 Å². The van der Waals surface area contributed by atoms with E-state index in [2.05, 4.69) is 17.2 Å². The van der Waals surface area contributed by atoms with E-state index in [1.165, 1.54) is 0 Å². The third-order valence-corrected chi connectivity index (χ3v) is 3.38. The summed E-state index contributed by atoms with van der Waals surface area (Å²) in [4.78, 5) is 16.2. The van der Waals surface area contributed by atoms with Gasteiger partial charge in [-0.1, -0.05) is 13.0 Å². The molecule has 4 heteroatoms. The summed E-state index contributed by atoms with van der Waals surface area (Å²) in [6, 6.07) is 9.20. The number of benzene rings is 1. The van der Waals surface area contributed by atoms with E-state index in [0.29, 0.717) is 5.56 Å². The number of aryl methyl sites for hydroxylation is 1. The predicted octanol–water partition coefficient (Wildman–Crippen LogP) is 3.09. The fraction of sp³-hybridized carbons (Fsp3) is 0.294. The van der Waals surface area contributed by atoms with Crippen LogP contribution in [0.5, 0.6) is 0 Å². The van der Waals surface area contributed by atoms with Crippen molar-refractivity contribution in [3.05, 3.63) is 59.4 Å². The van der Waals surface area contributed by atoms with Gasteiger partial charge >= 0.3 is 0 Å². The third-order valence-electron chi connectivity index (χ3n) is 3.38. The van der Waals surface area contributed by atoms with Gasteiger partial charge in [0, 0.05) is 29.2 Å². The summed E-state index contributed by atoms with van der Waals surface area (Å²) in [6.07, 6.45) is 4.13. The number of hydrogen-bond acceptors (Lipinski definition) is 3. The summed E-state index contributed by atoms with van der Waals surface area (Å²) in [5, 5.41) is 2.86. The van der Waals surface area contributed by atoms with Crippen molar-refractivity contribution in [2.75, 3.05) is 5.32 Å². The molecule has 110 valence electrons. The molecule has 1 amide bonds. The number of hydrogen-bond donors (Lipinski definition) is 2. The van der Waals surface area contributed by atoms with Crippen LogP contribution in [0.1, 0.15) is 42.3 Å². The van der Waals surface area contributed by atoms with Gasteiger partial charge in [-0.05, 0) is 55.7 Å². The molecule has 1 aromatic heterocycles. The van der Waals surface area contributed by atoms with Gasteiger partial charge in [0.25, 0.3) is 5.91 Å². The van der Waals surface area contributed by atoms with E-state index in [-0.39, 0.29) is 5.91 Å². The molecule has 0 aliphatic carbocycles. The van der Waals surface area contributed by atoms with Crippen molar-refractivity contribution in [2.45, 2.75) is 32.7 Å². The van der Waals surface area contributed by atoms with Gasteiger partial charge in [-0.2, -0.15) is 0 Å². The monoisotopic (exact) mass is 283 g/mol. The SMILES string of the molecule is CCc1cc(C(=O)Nc2ccncc2)ccc1C(C)(C)N. The lowest BCUT2D eigenvalue weighted by atomic mass is 9.88. The van der Waals surface area contributed by atoms with Crippen molar-refractivity contribution in [3.8, 4) is 0 Å². The number of nitrogens with two attached hydrogens (primary N) is 1. The molecule has 0 atom stereocenters. The maximum atomic E-state index is 12.3. The molecule has 0 fully saturated rings. The summed E-state index contributed by atoms with van der Waals surface area (Å²) in [6.45, 7) is 6.01. The van der Waals surface area contributed by atoms with E-state index in [0.717, 1.165) is 23.2 Å². The Labute approximate surface area is 125 Å². The summed E-state index contributed by atoms with van der Waals surface area (Å²) in [7, 11) is 0. The molecule has 0 radical (unpaired) electrons. The molecule has 1 aromatic carbocycles. The van der Waals surface area contributed by atoms with Gasteiger partial charge in [-0.15, -0.1) is 0 Å². The molecule has 0 unspecified atom stereocenters. The van der Waals surface area contributed by atoms with Crippen LogP contribution in [0.3, 0.4) is 0 Å². The molecule has 2 aromatic rings. The van der Waals surface area contributed by atoms with Crippen molar-refractivity contribution in [3.63, 3.8) is 0 Å². The first-order valence-corrected chi connectivity index (χ1v) is 7.05. The molecule has 0 bridgehead atoms. The number of amides is 1. The van der Waals surface area contributed by atoms with Crippen molar-refractivity contribution in [2.24, 2.45) is 5.73 Å². The topological polar surface area (TPSA) is 68.0 Å². The molecule has 0 aliphatic rings. The quantitative estimate of drug-likeness (QED) is 0.906. The molecule has 4 nitrogen and oxygen atoms in total. The molecule has 2 rings (SSSR count). The average molecular weight is 283 g/mol. The van der Waals surface area contributed by atoms with Crippen LogP contribution in [0, 0.1) is 0 Å². The van der Waals surface area contributed by atoms with Crippen LogP contribution >= 0.6 is 0 Å². The Balaban J connectivity index is 2.27. The lowest BCUT2D eigenvalue weighted by molar-refractivity contribution is 0.102. The van der Waals surface area contributed by atoms with Crippen molar-refractivity contribution < 1.29 is 4.79 Å². The first kappa shape index (κ1) is 15.2. The predicted molar refractivity (Wildman–Crippen MR) is 85.2 cm³/mol. The Bertz CT molecular complexity index is 630. The third kappa shape index (κ3) is 3.67. The summed E-state index contributed by atoms with van der Waals surface area (Å²) in [5.74, 6) is -0.128. The largest absolute Gasteiger partial charge is 0.322 e. The molecule has 1 heterocycles. The Morgan fingerprint density at radius 1 is 1.24 bits per heavy atom. The van der Waals surface area contributed by atoms with E-state index in [9.17, 15) is 4.79 Å². The fourth-order valence-corrected chi connectivity index (χ4v) is 2.29. The first-order valence-electron chi connectivity index (χ1n) is 7.05. The zero-order valence-electron chi connectivity index (χ0n) is 12.7. The molecular weight excluding hydrogens is 262 g/mol. The van der Waals surface area contributed by atoms with E-state index in [1.807, 2.05) is 32.0 Å². The molecule has 21 heavy (non-hydrogen) atoms. The van der Waals surface area contributed by atoms with E-state index >= 15 is 0 Å². The van der Waals surface area contributed by atoms with Crippen LogP contribution in [0.25, 0.3) is 0 Å². The van der Waals surface area contributed by atoms with Crippen LogP contribution in [0.15, 0.2) is 42.7 Å². The second-order valence-electron chi connectivity index (χ2n) is 5.64. The standard InChI is InChI=1S/C17H21N3O/c1-4-12-11-13(5-6-15(12)17(2,3)18)16(21)20-14-7-9-19-10-8-14/h5-11H,4,18H2,1-3H3,(H,19,20,21). The van der Waals surface area contributed by atoms with Crippen LogP contribution < -0.4 is 11.1 Å². The van der Waals surface area contributed by atoms with E-state index in [4.69, 9.17) is 5.73 Å². The summed E-state index contributed by atoms with van der Waals surface area (Å²) < 4.78 is 0. The van der Waals surface area contributed by atoms with Crippen LogP contribution in [0.2, 0.25) is 0 Å². The normalized spacial score (nSPS) is 11.2. The highest BCUT2D eigenvalue weighted by Crippen LogP contribution is 2.23. The van der Waals surface area contributed by atoms with Crippen LogP contribution in [-0.4, -0.2) is 10.9 Å². The van der Waals surface area contributed by atoms with E-state index in [1.54, 1.807) is 24.5 Å². The lowest BCUT2D eigenvalue weighted by Gasteiger charge is -2.23. The number of carbonyl (C=O) groups is 1. The van der Waals surface area contributed by atoms with Gasteiger partial charge in [0.15, 0.2) is 0 Å². The van der Waals surface area contributed by atoms with Gasteiger partial charge in [-0.25, -0.2) is 0 Å². The second-order valence-corrected chi connectivity index (χ2v) is 5.64. The number of nitrogens with one attached hydrogen (secondary N) is 1. The van der Waals surface area contributed by atoms with Crippen LogP contribution in [0.4, 0.5) is 5.69 Å². The minimum absolute atomic E-state index is 0.128. The number of nitrogens with zero attached hydrogens (tertiary/aromatic N) is 1. The van der Waals surface area contributed by atoms with Gasteiger partial charge in [0.05, 0.1) is 0 Å². The molecule has 0 saturated heterocycles. The average Bonchev–Trinajstić information content (AvgIpc) is 2.46. The van der Waals surface area contributed by atoms with Gasteiger partial charge in [0.2, 0.25) is 0 Å². The minimum atomic E-state index is -0.411. The summed E-state index contributed by atoms with van der Waals surface area (Å²) >= 11 is 0. The second kappa shape index (κ2) is 6.06. The maximum absolute atomic E-state index is 12.3. The van der Waals surface area contributed by atoms with Crippen molar-refractivity contribution >= 4 is 11.6 Å².